The Morgan fingerprint density at radius 3 is 2.03 bits per heavy atom. The van der Waals surface area contributed by atoms with Crippen LogP contribution in [0, 0.1) is 0 Å². The van der Waals surface area contributed by atoms with Gasteiger partial charge in [-0.05, 0) is 12.0 Å². The van der Waals surface area contributed by atoms with E-state index in [2.05, 4.69) is 75.7 Å². The molecule has 39 heavy (non-hydrogen) atoms. The molecule has 0 aromatic heterocycles. The Balaban J connectivity index is 1.88. The molecule has 1 aromatic rings. The molecular formula is C23H34N6O4S6. The minimum absolute atomic E-state index is 0.189. The normalized spacial score (nSPS) is 16.4. The molecule has 1 aliphatic rings. The highest BCUT2D eigenvalue weighted by Crippen LogP contribution is 2.17. The highest BCUT2D eigenvalue weighted by Gasteiger charge is 2.34. The van der Waals surface area contributed by atoms with Crippen molar-refractivity contribution >= 4 is 102 Å². The molecule has 16 heteroatoms. The van der Waals surface area contributed by atoms with Crippen molar-refractivity contribution in [1.29, 1.82) is 0 Å². The molecule has 0 aliphatic carbocycles. The first-order chi connectivity index (χ1) is 18.8. The monoisotopic (exact) mass is 650 g/mol. The van der Waals surface area contributed by atoms with Gasteiger partial charge in [-0.3, -0.25) is 33.6 Å². The lowest BCUT2D eigenvalue weighted by Crippen LogP contribution is -2.44. The highest BCUT2D eigenvalue weighted by molar-refractivity contribution is 7.99. The van der Waals surface area contributed by atoms with Gasteiger partial charge in [0.05, 0.1) is 12.1 Å². The summed E-state index contributed by atoms with van der Waals surface area (Å²) in [4.78, 5) is 48.5. The van der Waals surface area contributed by atoms with Crippen molar-refractivity contribution in [2.24, 2.45) is 5.10 Å². The number of hydrogen-bond donors (Lipinski definition) is 8. The van der Waals surface area contributed by atoms with Gasteiger partial charge in [0.1, 0.15) is 11.8 Å². The van der Waals surface area contributed by atoms with Crippen LogP contribution in [0.15, 0.2) is 35.4 Å². The predicted octanol–water partition coefficient (Wildman–Crippen LogP) is 0.877. The fourth-order valence-electron chi connectivity index (χ4n) is 3.33. The third-order valence-corrected chi connectivity index (χ3v) is 8.51. The summed E-state index contributed by atoms with van der Waals surface area (Å²) in [7, 11) is 0. The molecule has 1 aliphatic heterocycles. The Morgan fingerprint density at radius 1 is 0.923 bits per heavy atom. The quantitative estimate of drug-likeness (QED) is 0.0625. The molecule has 0 saturated carbocycles. The van der Waals surface area contributed by atoms with Crippen LogP contribution in [0.5, 0.6) is 0 Å². The number of carbonyl (C=O) groups excluding carboxylic acids is 4. The molecule has 2 amide bonds. The maximum atomic E-state index is 13.0. The smallest absolute Gasteiger partial charge is 0.267 e. The van der Waals surface area contributed by atoms with E-state index < -0.39 is 18.1 Å². The standard InChI is InChI=1S/C23H34N6O4S6/c30-20(24-7-10-38-27-17(13-34)22(32)36)16-12-19(29(26-16)9-6-15-4-2-1-3-5-15)21(31)25-8-11-39-28-18(14-35)23(33)37/h1-5,17-19,27-28,34-35H,6-14H2,(H,24,30)(H,25,31)(H,32,36)(H,33,37)/t17-,18-,19?/m0/s1. The lowest BCUT2D eigenvalue weighted by atomic mass is 10.1. The zero-order valence-electron chi connectivity index (χ0n) is 21.1. The zero-order valence-corrected chi connectivity index (χ0v) is 26.3. The second-order valence-corrected chi connectivity index (χ2v) is 11.8. The van der Waals surface area contributed by atoms with Crippen molar-refractivity contribution in [2.45, 2.75) is 31.0 Å². The molecule has 10 nitrogen and oxygen atoms in total. The molecular weight excluding hydrogens is 617 g/mol. The fourth-order valence-corrected chi connectivity index (χ4v) is 6.29. The van der Waals surface area contributed by atoms with Gasteiger partial charge in [0, 0.05) is 49.1 Å². The van der Waals surface area contributed by atoms with Gasteiger partial charge >= 0.3 is 0 Å². The zero-order chi connectivity index (χ0) is 28.6. The van der Waals surface area contributed by atoms with Crippen LogP contribution >= 0.6 is 74.4 Å². The largest absolute Gasteiger partial charge is 0.353 e. The van der Waals surface area contributed by atoms with Gasteiger partial charge in [0.2, 0.25) is 16.1 Å². The molecule has 0 radical (unpaired) electrons. The van der Waals surface area contributed by atoms with Crippen LogP contribution in [0.4, 0.5) is 0 Å². The Labute approximate surface area is 259 Å². The van der Waals surface area contributed by atoms with Crippen LogP contribution < -0.4 is 20.1 Å². The minimum Gasteiger partial charge on any atom is -0.353 e. The second-order valence-electron chi connectivity index (χ2n) is 8.29. The summed E-state index contributed by atoms with van der Waals surface area (Å²) in [6, 6.07) is 8.30. The molecule has 3 atom stereocenters. The van der Waals surface area contributed by atoms with Crippen molar-refractivity contribution in [2.75, 3.05) is 42.6 Å². The molecule has 4 N–H and O–H groups in total. The SMILES string of the molecule is O=C(NCCSN[C@@H](CS)C(=O)S)C1=NN(CCc2ccccc2)C(C(=O)NCCSN[C@@H](CS)C(=O)S)C1. The van der Waals surface area contributed by atoms with E-state index in [0.29, 0.717) is 54.8 Å². The van der Waals surface area contributed by atoms with E-state index >= 15 is 0 Å². The Bertz CT molecular complexity index is 989. The number of nitrogens with zero attached hydrogens (tertiary/aromatic N) is 2. The van der Waals surface area contributed by atoms with Gasteiger partial charge in [-0.1, -0.05) is 54.2 Å². The van der Waals surface area contributed by atoms with Crippen molar-refractivity contribution < 1.29 is 19.2 Å². The molecule has 0 spiro atoms. The molecule has 0 fully saturated rings. The van der Waals surface area contributed by atoms with Gasteiger partial charge in [0.25, 0.3) is 5.91 Å². The first-order valence-corrected chi connectivity index (χ1v) is 16.3. The molecule has 2 rings (SSSR count). The van der Waals surface area contributed by atoms with Crippen LogP contribution in [-0.2, 0) is 25.6 Å². The molecule has 1 heterocycles. The van der Waals surface area contributed by atoms with E-state index in [1.807, 2.05) is 30.3 Å². The minimum atomic E-state index is -0.606. The van der Waals surface area contributed by atoms with E-state index in [1.165, 1.54) is 23.9 Å². The number of thiol groups is 4. The second kappa shape index (κ2) is 19.2. The van der Waals surface area contributed by atoms with Crippen molar-refractivity contribution in [3.8, 4) is 0 Å². The summed E-state index contributed by atoms with van der Waals surface area (Å²) >= 11 is 18.4. The topological polar surface area (TPSA) is 132 Å². The summed E-state index contributed by atoms with van der Waals surface area (Å²) in [5, 5.41) is 11.3. The number of hydrogen-bond acceptors (Lipinski definition) is 12. The molecule has 1 unspecified atom stereocenters. The Hall–Kier alpha value is -1.01. The van der Waals surface area contributed by atoms with E-state index in [1.54, 1.807) is 5.01 Å². The average molecular weight is 651 g/mol. The van der Waals surface area contributed by atoms with Gasteiger partial charge in [0.15, 0.2) is 0 Å². The van der Waals surface area contributed by atoms with E-state index in [4.69, 9.17) is 0 Å². The van der Waals surface area contributed by atoms with Crippen LogP contribution in [-0.4, -0.2) is 93.5 Å². The Morgan fingerprint density at radius 2 is 1.49 bits per heavy atom. The number of hydrazone groups is 1. The third-order valence-electron chi connectivity index (χ3n) is 5.44. The van der Waals surface area contributed by atoms with Crippen LogP contribution in [0.25, 0.3) is 0 Å². The predicted molar refractivity (Wildman–Crippen MR) is 173 cm³/mol. The van der Waals surface area contributed by atoms with Gasteiger partial charge in [-0.15, -0.1) is 25.3 Å². The first kappa shape index (κ1) is 34.2. The van der Waals surface area contributed by atoms with Gasteiger partial charge in [-0.25, -0.2) is 0 Å². The summed E-state index contributed by atoms with van der Waals surface area (Å²) in [5.41, 5.74) is 1.40. The fraction of sp³-hybridized carbons (Fsp3) is 0.522. The van der Waals surface area contributed by atoms with E-state index in [9.17, 15) is 19.2 Å². The summed E-state index contributed by atoms with van der Waals surface area (Å²) in [6.45, 7) is 1.20. The van der Waals surface area contributed by atoms with Crippen molar-refractivity contribution in [1.82, 2.24) is 25.1 Å². The van der Waals surface area contributed by atoms with E-state index in [-0.39, 0.29) is 28.5 Å². The molecule has 0 saturated heterocycles. The summed E-state index contributed by atoms with van der Waals surface area (Å²) in [5.74, 6) is 1.14. The number of rotatable bonds is 19. The van der Waals surface area contributed by atoms with Crippen LogP contribution in [0.1, 0.15) is 12.0 Å². The van der Waals surface area contributed by atoms with Crippen LogP contribution in [0.2, 0.25) is 0 Å². The van der Waals surface area contributed by atoms with E-state index in [0.717, 1.165) is 5.56 Å². The maximum absolute atomic E-state index is 13.0. The molecule has 0 bridgehead atoms. The molecule has 216 valence electrons. The number of nitrogens with one attached hydrogen (secondary N) is 4. The van der Waals surface area contributed by atoms with Crippen molar-refractivity contribution in [3.05, 3.63) is 35.9 Å². The lowest BCUT2D eigenvalue weighted by Gasteiger charge is -2.23. The first-order valence-electron chi connectivity index (χ1n) is 12.1. The number of amides is 2. The third kappa shape index (κ3) is 12.6. The lowest BCUT2D eigenvalue weighted by molar-refractivity contribution is -0.125. The number of carbonyl (C=O) groups is 4. The Kier molecular flexibility index (Phi) is 16.8. The average Bonchev–Trinajstić information content (AvgIpc) is 3.36. The van der Waals surface area contributed by atoms with Crippen molar-refractivity contribution in [3.63, 3.8) is 0 Å². The molecule has 1 aromatic carbocycles. The van der Waals surface area contributed by atoms with Gasteiger partial charge < -0.3 is 10.6 Å². The summed E-state index contributed by atoms with van der Waals surface area (Å²) < 4.78 is 5.93. The van der Waals surface area contributed by atoms with Crippen LogP contribution in [0.3, 0.4) is 0 Å². The van der Waals surface area contributed by atoms with Gasteiger partial charge in [-0.2, -0.15) is 30.4 Å². The number of benzene rings is 1. The summed E-state index contributed by atoms with van der Waals surface area (Å²) in [6.07, 6.45) is 0.860. The maximum Gasteiger partial charge on any atom is 0.267 e. The highest BCUT2D eigenvalue weighted by atomic mass is 32.2.